The second-order valence-electron chi connectivity index (χ2n) is 4.32. The zero-order valence-electron chi connectivity index (χ0n) is 11.1. The summed E-state index contributed by atoms with van der Waals surface area (Å²) in [6.45, 7) is 1.86. The van der Waals surface area contributed by atoms with E-state index in [9.17, 15) is 8.42 Å². The highest BCUT2D eigenvalue weighted by Gasteiger charge is 2.08. The lowest BCUT2D eigenvalue weighted by Crippen LogP contribution is -2.01. The van der Waals surface area contributed by atoms with Crippen LogP contribution in [0.25, 0.3) is 0 Å². The number of nitrogens with zero attached hydrogens (tertiary/aromatic N) is 1. The van der Waals surface area contributed by atoms with E-state index in [0.717, 1.165) is 15.7 Å². The topological polar surface area (TPSA) is 78.8 Å². The second kappa shape index (κ2) is 6.38. The molecule has 0 aliphatic heterocycles. The van der Waals surface area contributed by atoms with Crippen LogP contribution in [0.3, 0.4) is 0 Å². The van der Waals surface area contributed by atoms with E-state index >= 15 is 0 Å². The lowest BCUT2D eigenvalue weighted by Gasteiger charge is -2.05. The van der Waals surface area contributed by atoms with Gasteiger partial charge in [0.15, 0.2) is 0 Å². The van der Waals surface area contributed by atoms with Gasteiger partial charge in [-0.1, -0.05) is 28.1 Å². The van der Waals surface area contributed by atoms with Crippen molar-refractivity contribution < 1.29 is 13.0 Å². The van der Waals surface area contributed by atoms with Crippen LogP contribution in [-0.4, -0.2) is 18.7 Å². The number of anilines is 1. The Bertz CT molecular complexity index is 771. The molecular weight excluding hydrogens is 356 g/mol. The summed E-state index contributed by atoms with van der Waals surface area (Å²) in [6.07, 6.45) is 0. The minimum absolute atomic E-state index is 0.152. The maximum Gasteiger partial charge on any atom is 0.294 e. The Balaban J connectivity index is 2.14. The zero-order chi connectivity index (χ0) is 15.5. The van der Waals surface area contributed by atoms with Crippen LogP contribution in [0.2, 0.25) is 0 Å². The first-order valence-electron chi connectivity index (χ1n) is 6.00. The fraction of sp³-hybridized carbons (Fsp3) is 0.0714. The van der Waals surface area contributed by atoms with Gasteiger partial charge in [0, 0.05) is 4.47 Å². The van der Waals surface area contributed by atoms with E-state index in [1.165, 1.54) is 24.3 Å². The predicted molar refractivity (Wildman–Crippen MR) is 86.2 cm³/mol. The SMILES string of the molecule is C/C(=N\Nc1ccc(S(=O)(=O)O)cc1)c1cccc(Br)c1. The van der Waals surface area contributed by atoms with Gasteiger partial charge in [0.05, 0.1) is 16.3 Å². The highest BCUT2D eigenvalue weighted by Crippen LogP contribution is 2.15. The summed E-state index contributed by atoms with van der Waals surface area (Å²) in [5.41, 5.74) is 5.21. The summed E-state index contributed by atoms with van der Waals surface area (Å²) < 4.78 is 31.7. The minimum atomic E-state index is -4.17. The summed E-state index contributed by atoms with van der Waals surface area (Å²) in [6, 6.07) is 13.4. The van der Waals surface area contributed by atoms with Crippen LogP contribution in [0.4, 0.5) is 5.69 Å². The van der Waals surface area contributed by atoms with Crippen molar-refractivity contribution in [3.8, 4) is 0 Å². The number of nitrogens with one attached hydrogen (secondary N) is 1. The fourth-order valence-electron chi connectivity index (χ4n) is 1.63. The van der Waals surface area contributed by atoms with Crippen LogP contribution in [0, 0.1) is 0 Å². The summed E-state index contributed by atoms with van der Waals surface area (Å²) >= 11 is 3.40. The number of halogens is 1. The van der Waals surface area contributed by atoms with Crippen LogP contribution >= 0.6 is 15.9 Å². The molecular formula is C14H13BrN2O3S. The smallest absolute Gasteiger partial charge is 0.282 e. The number of hydrogen-bond acceptors (Lipinski definition) is 4. The number of hydrazone groups is 1. The Morgan fingerprint density at radius 2 is 1.86 bits per heavy atom. The molecule has 5 nitrogen and oxygen atoms in total. The van der Waals surface area contributed by atoms with Gasteiger partial charge in [0.2, 0.25) is 0 Å². The largest absolute Gasteiger partial charge is 0.294 e. The van der Waals surface area contributed by atoms with E-state index in [-0.39, 0.29) is 4.90 Å². The molecule has 2 aromatic rings. The summed E-state index contributed by atoms with van der Waals surface area (Å²) in [4.78, 5) is -0.152. The maximum atomic E-state index is 10.9. The highest BCUT2D eigenvalue weighted by atomic mass is 79.9. The van der Waals surface area contributed by atoms with E-state index < -0.39 is 10.1 Å². The van der Waals surface area contributed by atoms with Gasteiger partial charge in [-0.25, -0.2) is 0 Å². The lowest BCUT2D eigenvalue weighted by atomic mass is 10.1. The molecule has 0 aromatic heterocycles. The van der Waals surface area contributed by atoms with Crippen molar-refractivity contribution in [2.75, 3.05) is 5.43 Å². The van der Waals surface area contributed by atoms with E-state index in [0.29, 0.717) is 5.69 Å². The molecule has 0 unspecified atom stereocenters. The van der Waals surface area contributed by atoms with Gasteiger partial charge < -0.3 is 0 Å². The van der Waals surface area contributed by atoms with Crippen LogP contribution in [0.15, 0.2) is 63.0 Å². The molecule has 7 heteroatoms. The first-order chi connectivity index (χ1) is 9.86. The van der Waals surface area contributed by atoms with Gasteiger partial charge in [-0.05, 0) is 48.9 Å². The summed E-state index contributed by atoms with van der Waals surface area (Å²) in [5.74, 6) is 0. The van der Waals surface area contributed by atoms with Crippen molar-refractivity contribution >= 4 is 37.4 Å². The van der Waals surface area contributed by atoms with E-state index in [1.54, 1.807) is 0 Å². The standard InChI is InChI=1S/C14H13BrN2O3S/c1-10(11-3-2-4-12(15)9-11)16-17-13-5-7-14(8-6-13)21(18,19)20/h2-9,17H,1H3,(H,18,19,20)/b16-10+. The first-order valence-corrected chi connectivity index (χ1v) is 8.23. The molecule has 0 aliphatic carbocycles. The molecule has 0 spiro atoms. The van der Waals surface area contributed by atoms with Crippen molar-refractivity contribution in [1.29, 1.82) is 0 Å². The Morgan fingerprint density at radius 1 is 1.19 bits per heavy atom. The van der Waals surface area contributed by atoms with Crippen LogP contribution < -0.4 is 5.43 Å². The van der Waals surface area contributed by atoms with Gasteiger partial charge in [0.25, 0.3) is 10.1 Å². The monoisotopic (exact) mass is 368 g/mol. The number of rotatable bonds is 4. The normalized spacial score (nSPS) is 12.2. The first kappa shape index (κ1) is 15.7. The van der Waals surface area contributed by atoms with E-state index in [1.807, 2.05) is 31.2 Å². The van der Waals surface area contributed by atoms with Crippen molar-refractivity contribution in [3.63, 3.8) is 0 Å². The van der Waals surface area contributed by atoms with Gasteiger partial charge in [-0.15, -0.1) is 0 Å². The maximum absolute atomic E-state index is 10.9. The zero-order valence-corrected chi connectivity index (χ0v) is 13.5. The van der Waals surface area contributed by atoms with Crippen LogP contribution in [0.1, 0.15) is 12.5 Å². The van der Waals surface area contributed by atoms with Gasteiger partial charge >= 0.3 is 0 Å². The Labute approximate surface area is 131 Å². The lowest BCUT2D eigenvalue weighted by molar-refractivity contribution is 0.483. The summed E-state index contributed by atoms with van der Waals surface area (Å²) in [7, 11) is -4.17. The third-order valence-corrected chi connectivity index (χ3v) is 4.11. The molecule has 2 N–H and O–H groups in total. The molecule has 0 fully saturated rings. The molecule has 2 rings (SSSR count). The quantitative estimate of drug-likeness (QED) is 0.491. The molecule has 0 radical (unpaired) electrons. The average Bonchev–Trinajstić information content (AvgIpc) is 2.44. The minimum Gasteiger partial charge on any atom is -0.282 e. The van der Waals surface area contributed by atoms with Crippen LogP contribution in [-0.2, 0) is 10.1 Å². The Morgan fingerprint density at radius 3 is 2.43 bits per heavy atom. The third-order valence-electron chi connectivity index (χ3n) is 2.75. The van der Waals surface area contributed by atoms with E-state index in [4.69, 9.17) is 4.55 Å². The molecule has 0 amide bonds. The third kappa shape index (κ3) is 4.38. The molecule has 0 heterocycles. The molecule has 0 saturated carbocycles. The number of benzene rings is 2. The molecule has 0 bridgehead atoms. The van der Waals surface area contributed by atoms with Crippen molar-refractivity contribution in [2.45, 2.75) is 11.8 Å². The summed E-state index contributed by atoms with van der Waals surface area (Å²) in [5, 5.41) is 4.23. The van der Waals surface area contributed by atoms with Gasteiger partial charge in [-0.2, -0.15) is 13.5 Å². The highest BCUT2D eigenvalue weighted by molar-refractivity contribution is 9.10. The van der Waals surface area contributed by atoms with Gasteiger partial charge in [-0.3, -0.25) is 9.98 Å². The van der Waals surface area contributed by atoms with Crippen LogP contribution in [0.5, 0.6) is 0 Å². The fourth-order valence-corrected chi connectivity index (χ4v) is 2.51. The molecule has 2 aromatic carbocycles. The number of hydrogen-bond donors (Lipinski definition) is 2. The predicted octanol–water partition coefficient (Wildman–Crippen LogP) is 3.53. The second-order valence-corrected chi connectivity index (χ2v) is 6.66. The Kier molecular flexibility index (Phi) is 4.76. The van der Waals surface area contributed by atoms with Crippen molar-refractivity contribution in [1.82, 2.24) is 0 Å². The molecule has 0 aliphatic rings. The molecule has 110 valence electrons. The Hall–Kier alpha value is -1.70. The van der Waals surface area contributed by atoms with Gasteiger partial charge in [0.1, 0.15) is 0 Å². The van der Waals surface area contributed by atoms with Crippen molar-refractivity contribution in [2.24, 2.45) is 5.10 Å². The molecule has 0 saturated heterocycles. The van der Waals surface area contributed by atoms with Crippen molar-refractivity contribution in [3.05, 3.63) is 58.6 Å². The average molecular weight is 369 g/mol. The van der Waals surface area contributed by atoms with E-state index in [2.05, 4.69) is 26.5 Å². The molecule has 21 heavy (non-hydrogen) atoms. The molecule has 0 atom stereocenters.